The number of carbonyl (C=O) groups is 3. The van der Waals surface area contributed by atoms with E-state index in [4.69, 9.17) is 4.74 Å². The van der Waals surface area contributed by atoms with Crippen LogP contribution in [-0.2, 0) is 4.74 Å². The molecule has 156 valence electrons. The number of nitrogens with one attached hydrogen (secondary N) is 2. The Morgan fingerprint density at radius 3 is 2.16 bits per heavy atom. The van der Waals surface area contributed by atoms with Gasteiger partial charge in [0.25, 0.3) is 11.8 Å². The van der Waals surface area contributed by atoms with Crippen LogP contribution in [0.15, 0.2) is 72.8 Å². The van der Waals surface area contributed by atoms with E-state index in [-0.39, 0.29) is 5.91 Å². The number of hydrogen-bond donors (Lipinski definition) is 2. The summed E-state index contributed by atoms with van der Waals surface area (Å²) in [6.07, 6.45) is -0.423. The van der Waals surface area contributed by atoms with Crippen molar-refractivity contribution in [3.63, 3.8) is 0 Å². The highest BCUT2D eigenvalue weighted by Crippen LogP contribution is 2.23. The second-order valence-electron chi connectivity index (χ2n) is 6.81. The molecule has 31 heavy (non-hydrogen) atoms. The van der Waals surface area contributed by atoms with E-state index in [1.807, 2.05) is 0 Å². The van der Waals surface area contributed by atoms with Crippen molar-refractivity contribution < 1.29 is 23.5 Å². The lowest BCUT2D eigenvalue weighted by atomic mass is 10.1. The van der Waals surface area contributed by atoms with Gasteiger partial charge in [0.2, 0.25) is 0 Å². The largest absolute Gasteiger partial charge is 0.447 e. The summed E-state index contributed by atoms with van der Waals surface area (Å²) >= 11 is 0. The number of amides is 3. The summed E-state index contributed by atoms with van der Waals surface area (Å²) in [7, 11) is 0. The Hall–Kier alpha value is -4.20. The Morgan fingerprint density at radius 1 is 0.839 bits per heavy atom. The van der Waals surface area contributed by atoms with Gasteiger partial charge in [-0.3, -0.25) is 14.5 Å². The molecule has 0 radical (unpaired) electrons. The quantitative estimate of drug-likeness (QED) is 0.646. The molecule has 0 bridgehead atoms. The summed E-state index contributed by atoms with van der Waals surface area (Å²) in [5.74, 6) is -1.22. The monoisotopic (exact) mass is 419 g/mol. The van der Waals surface area contributed by atoms with Crippen LogP contribution >= 0.6 is 0 Å². The molecule has 1 fully saturated rings. The Labute approximate surface area is 177 Å². The van der Waals surface area contributed by atoms with Crippen LogP contribution in [0.3, 0.4) is 0 Å². The zero-order valence-corrected chi connectivity index (χ0v) is 16.3. The molecule has 7 nitrogen and oxygen atoms in total. The van der Waals surface area contributed by atoms with Crippen molar-refractivity contribution in [2.45, 2.75) is 0 Å². The molecular weight excluding hydrogens is 401 g/mol. The van der Waals surface area contributed by atoms with Crippen molar-refractivity contribution in [3.05, 3.63) is 89.7 Å². The molecule has 3 aromatic carbocycles. The van der Waals surface area contributed by atoms with Gasteiger partial charge >= 0.3 is 6.09 Å². The summed E-state index contributed by atoms with van der Waals surface area (Å²) in [5.41, 5.74) is 2.20. The molecule has 1 aliphatic heterocycles. The fourth-order valence-electron chi connectivity index (χ4n) is 3.13. The Kier molecular flexibility index (Phi) is 5.61. The van der Waals surface area contributed by atoms with Crippen LogP contribution in [0.5, 0.6) is 0 Å². The second kappa shape index (κ2) is 8.66. The third-order valence-corrected chi connectivity index (χ3v) is 4.67. The molecule has 1 saturated heterocycles. The van der Waals surface area contributed by atoms with E-state index in [9.17, 15) is 18.8 Å². The molecule has 8 heteroatoms. The molecule has 0 aromatic heterocycles. The topological polar surface area (TPSA) is 87.7 Å². The van der Waals surface area contributed by atoms with Crippen LogP contribution < -0.4 is 15.5 Å². The molecule has 4 rings (SSSR count). The number of anilines is 3. The van der Waals surface area contributed by atoms with Crippen LogP contribution in [0, 0.1) is 5.82 Å². The molecule has 0 unspecified atom stereocenters. The van der Waals surface area contributed by atoms with E-state index in [1.165, 1.54) is 29.2 Å². The number of halogens is 1. The van der Waals surface area contributed by atoms with E-state index in [2.05, 4.69) is 10.6 Å². The minimum absolute atomic E-state index is 0.300. The maximum Gasteiger partial charge on any atom is 0.414 e. The average Bonchev–Trinajstić information content (AvgIpc) is 3.20. The van der Waals surface area contributed by atoms with Crippen molar-refractivity contribution in [1.82, 2.24) is 0 Å². The van der Waals surface area contributed by atoms with E-state index in [1.54, 1.807) is 48.5 Å². The highest BCUT2D eigenvalue weighted by Gasteiger charge is 2.23. The molecule has 2 N–H and O–H groups in total. The summed E-state index contributed by atoms with van der Waals surface area (Å²) in [6, 6.07) is 18.5. The number of hydrogen-bond acceptors (Lipinski definition) is 4. The minimum atomic E-state index is -0.430. The first-order chi connectivity index (χ1) is 15.0. The third kappa shape index (κ3) is 4.69. The molecule has 3 aromatic rings. The molecule has 0 saturated carbocycles. The highest BCUT2D eigenvalue weighted by atomic mass is 19.1. The number of rotatable bonds is 5. The lowest BCUT2D eigenvalue weighted by molar-refractivity contribution is 0.101. The first kappa shape index (κ1) is 20.1. The second-order valence-corrected chi connectivity index (χ2v) is 6.81. The number of nitrogens with zero attached hydrogens (tertiary/aromatic N) is 1. The Morgan fingerprint density at radius 2 is 1.48 bits per heavy atom. The van der Waals surface area contributed by atoms with E-state index in [0.717, 1.165) is 0 Å². The van der Waals surface area contributed by atoms with Crippen LogP contribution in [-0.4, -0.2) is 31.1 Å². The lowest BCUT2D eigenvalue weighted by Gasteiger charge is -2.14. The highest BCUT2D eigenvalue weighted by molar-refractivity contribution is 6.07. The Bertz CT molecular complexity index is 1150. The van der Waals surface area contributed by atoms with Crippen LogP contribution in [0.4, 0.5) is 26.2 Å². The molecule has 1 aliphatic rings. The van der Waals surface area contributed by atoms with Crippen LogP contribution in [0.25, 0.3) is 0 Å². The van der Waals surface area contributed by atoms with Gasteiger partial charge in [0, 0.05) is 28.2 Å². The lowest BCUT2D eigenvalue weighted by Crippen LogP contribution is -2.23. The SMILES string of the molecule is O=C(Nc1cccc(C(=O)Nc2cccc(N3CCOC3=O)c2)c1)c1ccc(F)cc1. The van der Waals surface area contributed by atoms with Gasteiger partial charge in [0.15, 0.2) is 0 Å². The summed E-state index contributed by atoms with van der Waals surface area (Å²) < 4.78 is 18.0. The van der Waals surface area contributed by atoms with Gasteiger partial charge in [-0.25, -0.2) is 9.18 Å². The molecule has 3 amide bonds. The number of ether oxygens (including phenoxy) is 1. The van der Waals surface area contributed by atoms with Crippen molar-refractivity contribution >= 4 is 35.0 Å². The standard InChI is InChI=1S/C23H18FN3O4/c24-17-9-7-15(8-10-17)21(28)25-18-4-1-3-16(13-18)22(29)26-19-5-2-6-20(14-19)27-11-12-31-23(27)30/h1-10,13-14H,11-12H2,(H,25,28)(H,26,29). The predicted molar refractivity (Wildman–Crippen MR) is 114 cm³/mol. The van der Waals surface area contributed by atoms with Crippen molar-refractivity contribution in [3.8, 4) is 0 Å². The van der Waals surface area contributed by atoms with Gasteiger partial charge in [0.05, 0.1) is 6.54 Å². The van der Waals surface area contributed by atoms with Crippen LogP contribution in [0.2, 0.25) is 0 Å². The predicted octanol–water partition coefficient (Wildman–Crippen LogP) is 4.29. The number of cyclic esters (lactones) is 1. The molecule has 1 heterocycles. The van der Waals surface area contributed by atoms with Gasteiger partial charge in [-0.05, 0) is 60.7 Å². The summed E-state index contributed by atoms with van der Waals surface area (Å²) in [4.78, 5) is 38.2. The van der Waals surface area contributed by atoms with E-state index < -0.39 is 17.8 Å². The normalized spacial score (nSPS) is 12.9. The Balaban J connectivity index is 1.45. The average molecular weight is 419 g/mol. The number of carbonyl (C=O) groups excluding carboxylic acids is 3. The first-order valence-electron chi connectivity index (χ1n) is 9.52. The van der Waals surface area contributed by atoms with Gasteiger partial charge in [-0.15, -0.1) is 0 Å². The van der Waals surface area contributed by atoms with Gasteiger partial charge < -0.3 is 15.4 Å². The van der Waals surface area contributed by atoms with Crippen LogP contribution in [0.1, 0.15) is 20.7 Å². The fourth-order valence-corrected chi connectivity index (χ4v) is 3.13. The first-order valence-corrected chi connectivity index (χ1v) is 9.52. The molecule has 0 aliphatic carbocycles. The summed E-state index contributed by atoms with van der Waals surface area (Å²) in [6.45, 7) is 0.776. The van der Waals surface area contributed by atoms with E-state index >= 15 is 0 Å². The molecule has 0 spiro atoms. The maximum absolute atomic E-state index is 13.0. The van der Waals surface area contributed by atoms with Crippen molar-refractivity contribution in [1.29, 1.82) is 0 Å². The van der Waals surface area contributed by atoms with Gasteiger partial charge in [-0.1, -0.05) is 12.1 Å². The molecule has 0 atom stereocenters. The van der Waals surface area contributed by atoms with Crippen molar-refractivity contribution in [2.24, 2.45) is 0 Å². The fraction of sp³-hybridized carbons (Fsp3) is 0.0870. The zero-order chi connectivity index (χ0) is 21.8. The van der Waals surface area contributed by atoms with Crippen molar-refractivity contribution in [2.75, 3.05) is 28.7 Å². The van der Waals surface area contributed by atoms with E-state index in [0.29, 0.717) is 41.3 Å². The van der Waals surface area contributed by atoms with Gasteiger partial charge in [-0.2, -0.15) is 0 Å². The summed E-state index contributed by atoms with van der Waals surface area (Å²) in [5, 5.41) is 5.47. The number of benzene rings is 3. The maximum atomic E-state index is 13.0. The molecular formula is C23H18FN3O4. The zero-order valence-electron chi connectivity index (χ0n) is 16.3. The van der Waals surface area contributed by atoms with Gasteiger partial charge in [0.1, 0.15) is 12.4 Å². The third-order valence-electron chi connectivity index (χ3n) is 4.67. The smallest absolute Gasteiger partial charge is 0.414 e. The minimum Gasteiger partial charge on any atom is -0.447 e.